The molecule has 0 unspecified atom stereocenters. The highest BCUT2D eigenvalue weighted by Crippen LogP contribution is 2.21. The van der Waals surface area contributed by atoms with E-state index in [1.54, 1.807) is 24.3 Å². The standard InChI is InChI=1S/C24H21N3O3/c1-14-9-15(2)11-18(10-14)26-24-20(12-17-7-8-19(28)13-21(17)30-24)23(29)27-22-6-4-5-16(3)25-22/h4-13,28H,1-3H3,(H,25,27,29). The molecule has 0 spiro atoms. The topological polar surface area (TPSA) is 87.7 Å². The lowest BCUT2D eigenvalue weighted by Gasteiger charge is -2.07. The van der Waals surface area contributed by atoms with Crippen LogP contribution in [0.25, 0.3) is 11.0 Å². The second-order valence-corrected chi connectivity index (χ2v) is 7.26. The molecule has 6 heteroatoms. The number of fused-ring (bicyclic) bond motifs is 1. The average molecular weight is 399 g/mol. The van der Waals surface area contributed by atoms with Crippen LogP contribution in [0.2, 0.25) is 0 Å². The zero-order chi connectivity index (χ0) is 21.3. The molecule has 0 radical (unpaired) electrons. The predicted molar refractivity (Wildman–Crippen MR) is 116 cm³/mol. The van der Waals surface area contributed by atoms with Gasteiger partial charge in [0, 0.05) is 17.1 Å². The largest absolute Gasteiger partial charge is 0.508 e. The summed E-state index contributed by atoms with van der Waals surface area (Å²) in [4.78, 5) is 22.0. The molecule has 0 atom stereocenters. The van der Waals surface area contributed by atoms with E-state index < -0.39 is 0 Å². The molecule has 6 nitrogen and oxygen atoms in total. The maximum atomic E-state index is 13.1. The maximum absolute atomic E-state index is 13.1. The normalized spacial score (nSPS) is 11.6. The number of phenols is 1. The Kier molecular flexibility index (Phi) is 5.06. The van der Waals surface area contributed by atoms with Gasteiger partial charge in [0.05, 0.1) is 5.69 Å². The molecule has 150 valence electrons. The van der Waals surface area contributed by atoms with E-state index in [1.165, 1.54) is 6.07 Å². The molecule has 2 aromatic heterocycles. The Balaban J connectivity index is 1.88. The number of hydrogen-bond donors (Lipinski definition) is 2. The van der Waals surface area contributed by atoms with Gasteiger partial charge in [-0.15, -0.1) is 0 Å². The first-order valence-corrected chi connectivity index (χ1v) is 9.52. The third kappa shape index (κ3) is 4.22. The number of nitrogens with zero attached hydrogens (tertiary/aromatic N) is 2. The number of benzene rings is 2. The van der Waals surface area contributed by atoms with Gasteiger partial charge in [-0.05, 0) is 74.4 Å². The first kappa shape index (κ1) is 19.4. The number of phenolic OH excluding ortho intramolecular Hbond substituents is 1. The van der Waals surface area contributed by atoms with Crippen LogP contribution in [0, 0.1) is 20.8 Å². The minimum absolute atomic E-state index is 0.0739. The van der Waals surface area contributed by atoms with E-state index >= 15 is 0 Å². The smallest absolute Gasteiger partial charge is 0.262 e. The van der Waals surface area contributed by atoms with Gasteiger partial charge in [0.15, 0.2) is 0 Å². The third-order valence-electron chi connectivity index (χ3n) is 4.55. The number of aromatic nitrogens is 1. The number of pyridine rings is 1. The van der Waals surface area contributed by atoms with Gasteiger partial charge >= 0.3 is 0 Å². The van der Waals surface area contributed by atoms with Crippen molar-refractivity contribution in [2.75, 3.05) is 5.32 Å². The minimum Gasteiger partial charge on any atom is -0.508 e. The maximum Gasteiger partial charge on any atom is 0.262 e. The number of hydrogen-bond acceptors (Lipinski definition) is 5. The number of carbonyl (C=O) groups excluding carboxylic acids is 1. The molecule has 1 amide bonds. The third-order valence-corrected chi connectivity index (χ3v) is 4.55. The molecule has 0 aliphatic heterocycles. The quantitative estimate of drug-likeness (QED) is 0.511. The second kappa shape index (κ2) is 7.83. The molecule has 2 aromatic carbocycles. The van der Waals surface area contributed by atoms with Crippen molar-refractivity contribution in [1.82, 2.24) is 4.98 Å². The fraction of sp³-hybridized carbons (Fsp3) is 0.125. The van der Waals surface area contributed by atoms with Gasteiger partial charge in [-0.3, -0.25) is 4.79 Å². The molecule has 2 N–H and O–H groups in total. The summed E-state index contributed by atoms with van der Waals surface area (Å²) in [5, 5.41) is 13.3. The molecule has 0 fully saturated rings. The van der Waals surface area contributed by atoms with Crippen LogP contribution in [0.1, 0.15) is 27.2 Å². The Bertz CT molecular complexity index is 1320. The van der Waals surface area contributed by atoms with Crippen molar-refractivity contribution in [1.29, 1.82) is 0 Å². The average Bonchev–Trinajstić information content (AvgIpc) is 2.66. The van der Waals surface area contributed by atoms with E-state index in [4.69, 9.17) is 4.42 Å². The summed E-state index contributed by atoms with van der Waals surface area (Å²) in [5.74, 6) is 0.142. The first-order chi connectivity index (χ1) is 14.4. The zero-order valence-electron chi connectivity index (χ0n) is 16.9. The van der Waals surface area contributed by atoms with Gasteiger partial charge in [0.2, 0.25) is 5.55 Å². The van der Waals surface area contributed by atoms with Crippen LogP contribution in [0.15, 0.2) is 70.1 Å². The van der Waals surface area contributed by atoms with Crippen molar-refractivity contribution in [3.05, 3.63) is 88.6 Å². The molecule has 0 saturated heterocycles. The van der Waals surface area contributed by atoms with Crippen molar-refractivity contribution >= 4 is 28.4 Å². The Labute approximate surface area is 173 Å². The molecule has 0 aliphatic rings. The van der Waals surface area contributed by atoms with Crippen LogP contribution in [0.5, 0.6) is 5.75 Å². The number of anilines is 1. The SMILES string of the molecule is Cc1cc(C)cc(N=c2oc3cc(O)ccc3cc2C(=O)Nc2cccc(C)n2)c1. The highest BCUT2D eigenvalue weighted by Gasteiger charge is 2.14. The highest BCUT2D eigenvalue weighted by molar-refractivity contribution is 6.05. The number of nitrogens with one attached hydrogen (secondary N) is 1. The van der Waals surface area contributed by atoms with Crippen LogP contribution in [-0.4, -0.2) is 16.0 Å². The number of aromatic hydroxyl groups is 1. The molecular formula is C24H21N3O3. The van der Waals surface area contributed by atoms with Crippen molar-refractivity contribution in [3.63, 3.8) is 0 Å². The van der Waals surface area contributed by atoms with Crippen molar-refractivity contribution in [2.45, 2.75) is 20.8 Å². The summed E-state index contributed by atoms with van der Waals surface area (Å²) in [6.07, 6.45) is 0. The van der Waals surface area contributed by atoms with Crippen molar-refractivity contribution < 1.29 is 14.3 Å². The summed E-state index contributed by atoms with van der Waals surface area (Å²) < 4.78 is 5.93. The Morgan fingerprint density at radius 3 is 2.50 bits per heavy atom. The zero-order valence-corrected chi connectivity index (χ0v) is 16.9. The molecule has 0 saturated carbocycles. The number of rotatable bonds is 3. The second-order valence-electron chi connectivity index (χ2n) is 7.26. The minimum atomic E-state index is -0.380. The summed E-state index contributed by atoms with van der Waals surface area (Å²) in [6, 6.07) is 17.7. The molecule has 30 heavy (non-hydrogen) atoms. The van der Waals surface area contributed by atoms with Gasteiger partial charge < -0.3 is 14.8 Å². The number of carbonyl (C=O) groups is 1. The van der Waals surface area contributed by atoms with Gasteiger partial charge in [-0.1, -0.05) is 12.1 Å². The lowest BCUT2D eigenvalue weighted by molar-refractivity contribution is 0.102. The summed E-state index contributed by atoms with van der Waals surface area (Å²) in [5.41, 5.74) is 4.46. The van der Waals surface area contributed by atoms with E-state index in [0.29, 0.717) is 22.5 Å². The number of amides is 1. The molecule has 4 aromatic rings. The highest BCUT2D eigenvalue weighted by atomic mass is 16.3. The van der Waals surface area contributed by atoms with Gasteiger partial charge in [0.25, 0.3) is 5.91 Å². The van der Waals surface area contributed by atoms with Gasteiger partial charge in [-0.2, -0.15) is 0 Å². The van der Waals surface area contributed by atoms with Gasteiger partial charge in [0.1, 0.15) is 22.7 Å². The monoisotopic (exact) mass is 399 g/mol. The van der Waals surface area contributed by atoms with Crippen LogP contribution in [0.4, 0.5) is 11.5 Å². The van der Waals surface area contributed by atoms with Crippen molar-refractivity contribution in [2.24, 2.45) is 4.99 Å². The summed E-state index contributed by atoms with van der Waals surface area (Å²) in [6.45, 7) is 5.82. The Morgan fingerprint density at radius 1 is 1.00 bits per heavy atom. The predicted octanol–water partition coefficient (Wildman–Crippen LogP) is 4.94. The summed E-state index contributed by atoms with van der Waals surface area (Å²) in [7, 11) is 0. The fourth-order valence-electron chi connectivity index (χ4n) is 3.28. The molecular weight excluding hydrogens is 378 g/mol. The Morgan fingerprint density at radius 2 is 1.77 bits per heavy atom. The Hall–Kier alpha value is -3.93. The van der Waals surface area contributed by atoms with E-state index in [1.807, 2.05) is 51.1 Å². The van der Waals surface area contributed by atoms with Gasteiger partial charge in [-0.25, -0.2) is 9.98 Å². The van der Waals surface area contributed by atoms with E-state index in [0.717, 1.165) is 16.8 Å². The first-order valence-electron chi connectivity index (χ1n) is 9.52. The molecule has 2 heterocycles. The van der Waals surface area contributed by atoms with Crippen LogP contribution >= 0.6 is 0 Å². The van der Waals surface area contributed by atoms with E-state index in [-0.39, 0.29) is 22.8 Å². The number of aryl methyl sites for hydroxylation is 3. The summed E-state index contributed by atoms with van der Waals surface area (Å²) >= 11 is 0. The van der Waals surface area contributed by atoms with Crippen LogP contribution in [0.3, 0.4) is 0 Å². The lowest BCUT2D eigenvalue weighted by atomic mass is 10.1. The van der Waals surface area contributed by atoms with E-state index in [9.17, 15) is 9.90 Å². The molecule has 0 bridgehead atoms. The fourth-order valence-corrected chi connectivity index (χ4v) is 3.28. The molecule has 4 rings (SSSR count). The van der Waals surface area contributed by atoms with Crippen LogP contribution < -0.4 is 10.9 Å². The van der Waals surface area contributed by atoms with E-state index in [2.05, 4.69) is 15.3 Å². The molecule has 0 aliphatic carbocycles. The van der Waals surface area contributed by atoms with Crippen LogP contribution in [-0.2, 0) is 0 Å². The lowest BCUT2D eigenvalue weighted by Crippen LogP contribution is -2.22. The van der Waals surface area contributed by atoms with Crippen molar-refractivity contribution in [3.8, 4) is 5.75 Å².